The predicted molar refractivity (Wildman–Crippen MR) is 117 cm³/mol. The topological polar surface area (TPSA) is 97.8 Å². The number of rotatable bonds is 8. The van der Waals surface area contributed by atoms with Gasteiger partial charge in [0, 0.05) is 24.5 Å². The molecule has 0 bridgehead atoms. The highest BCUT2D eigenvalue weighted by molar-refractivity contribution is 6.04. The second kappa shape index (κ2) is 9.74. The van der Waals surface area contributed by atoms with Gasteiger partial charge in [-0.2, -0.15) is 0 Å². The third-order valence-electron chi connectivity index (χ3n) is 4.88. The quantitative estimate of drug-likeness (QED) is 0.550. The number of carbonyl (C=O) groups excluding carboxylic acids is 3. The fraction of sp³-hybridized carbons (Fsp3) is 0.167. The first-order valence-corrected chi connectivity index (χ1v) is 10.0. The van der Waals surface area contributed by atoms with Crippen molar-refractivity contribution in [3.05, 3.63) is 84.2 Å². The summed E-state index contributed by atoms with van der Waals surface area (Å²) in [4.78, 5) is 42.8. The number of nitrogens with one attached hydrogen (secondary N) is 1. The number of Topliss-reactive ketones (excluding diaryl/α,β-unsaturated/α-hetero) is 1. The first kappa shape index (κ1) is 21.0. The van der Waals surface area contributed by atoms with Crippen molar-refractivity contribution >= 4 is 23.3 Å². The van der Waals surface area contributed by atoms with Gasteiger partial charge < -0.3 is 14.8 Å². The molecule has 8 heteroatoms. The number of carbonyl (C=O) groups is 3. The van der Waals surface area contributed by atoms with E-state index in [1.165, 1.54) is 4.90 Å². The normalized spacial score (nSPS) is 12.5. The van der Waals surface area contributed by atoms with Crippen LogP contribution in [0.1, 0.15) is 15.9 Å². The summed E-state index contributed by atoms with van der Waals surface area (Å²) in [5.74, 6) is 0.0856. The number of pyridine rings is 1. The summed E-state index contributed by atoms with van der Waals surface area (Å²) in [6.45, 7) is -0.181. The molecule has 1 aromatic heterocycles. The van der Waals surface area contributed by atoms with Crippen molar-refractivity contribution in [2.24, 2.45) is 0 Å². The summed E-state index contributed by atoms with van der Waals surface area (Å²) in [5, 5.41) is 2.79. The Hall–Kier alpha value is -4.20. The first-order valence-electron chi connectivity index (χ1n) is 10.0. The lowest BCUT2D eigenvalue weighted by molar-refractivity contribution is -0.125. The van der Waals surface area contributed by atoms with Crippen LogP contribution in [0, 0.1) is 0 Å². The van der Waals surface area contributed by atoms with Crippen LogP contribution in [0.15, 0.2) is 73.1 Å². The van der Waals surface area contributed by atoms with Crippen LogP contribution in [0.5, 0.6) is 11.5 Å². The smallest absolute Gasteiger partial charge is 0.265 e. The van der Waals surface area contributed by atoms with Gasteiger partial charge in [0.1, 0.15) is 18.0 Å². The zero-order chi connectivity index (χ0) is 22.3. The highest BCUT2D eigenvalue weighted by atomic mass is 16.5. The van der Waals surface area contributed by atoms with Crippen molar-refractivity contribution in [1.29, 1.82) is 0 Å². The number of ketones is 1. The van der Waals surface area contributed by atoms with Crippen molar-refractivity contribution < 1.29 is 23.9 Å². The lowest BCUT2D eigenvalue weighted by atomic mass is 10.1. The first-order chi connectivity index (χ1) is 15.6. The lowest BCUT2D eigenvalue weighted by Gasteiger charge is -2.29. The molecule has 162 valence electrons. The van der Waals surface area contributed by atoms with E-state index < -0.39 is 0 Å². The molecule has 0 spiro atoms. The molecule has 1 aliphatic heterocycles. The van der Waals surface area contributed by atoms with Gasteiger partial charge in [0.2, 0.25) is 5.91 Å². The molecule has 2 heterocycles. The molecule has 0 fully saturated rings. The van der Waals surface area contributed by atoms with E-state index in [-0.39, 0.29) is 37.4 Å². The molecule has 0 atom stereocenters. The predicted octanol–water partition coefficient (Wildman–Crippen LogP) is 2.39. The van der Waals surface area contributed by atoms with Crippen molar-refractivity contribution in [3.8, 4) is 11.5 Å². The second-order valence-corrected chi connectivity index (χ2v) is 7.11. The van der Waals surface area contributed by atoms with Crippen LogP contribution in [0.4, 0.5) is 5.69 Å². The van der Waals surface area contributed by atoms with Gasteiger partial charge in [-0.05, 0) is 48.0 Å². The Labute approximate surface area is 184 Å². The van der Waals surface area contributed by atoms with E-state index in [2.05, 4.69) is 10.3 Å². The van der Waals surface area contributed by atoms with E-state index in [1.807, 2.05) is 18.2 Å². The maximum absolute atomic E-state index is 12.6. The molecule has 0 saturated carbocycles. The van der Waals surface area contributed by atoms with E-state index in [9.17, 15) is 14.4 Å². The number of nitrogens with zero attached hydrogens (tertiary/aromatic N) is 2. The average molecular weight is 431 g/mol. The largest absolute Gasteiger partial charge is 0.485 e. The number of hydrogen-bond acceptors (Lipinski definition) is 6. The number of fused-ring (bicyclic) bond motifs is 1. The van der Waals surface area contributed by atoms with Crippen LogP contribution < -0.4 is 19.7 Å². The molecule has 32 heavy (non-hydrogen) atoms. The molecular weight excluding hydrogens is 410 g/mol. The number of benzene rings is 2. The van der Waals surface area contributed by atoms with Crippen molar-refractivity contribution in [3.63, 3.8) is 0 Å². The van der Waals surface area contributed by atoms with E-state index in [4.69, 9.17) is 9.47 Å². The van der Waals surface area contributed by atoms with Gasteiger partial charge >= 0.3 is 0 Å². The van der Waals surface area contributed by atoms with Gasteiger partial charge in [0.25, 0.3) is 5.91 Å². The fourth-order valence-corrected chi connectivity index (χ4v) is 3.20. The van der Waals surface area contributed by atoms with Crippen molar-refractivity contribution in [2.45, 2.75) is 6.54 Å². The minimum absolute atomic E-state index is 0.149. The van der Waals surface area contributed by atoms with Crippen LogP contribution in [0.25, 0.3) is 0 Å². The van der Waals surface area contributed by atoms with Gasteiger partial charge in [-0.25, -0.2) is 0 Å². The zero-order valence-electron chi connectivity index (χ0n) is 17.2. The highest BCUT2D eigenvalue weighted by Crippen LogP contribution is 2.33. The van der Waals surface area contributed by atoms with E-state index in [0.717, 1.165) is 5.56 Å². The Bertz CT molecular complexity index is 1120. The van der Waals surface area contributed by atoms with Gasteiger partial charge in [-0.1, -0.05) is 18.2 Å². The van der Waals surface area contributed by atoms with Gasteiger partial charge in [-0.15, -0.1) is 0 Å². The number of amides is 2. The number of anilines is 1. The standard InChI is InChI=1S/C24H21N3O5/c28-21(15-31-19-4-2-1-3-5-19)18-6-7-22-20(12-18)27(24(30)16-32-22)14-23(29)26-13-17-8-10-25-11-9-17/h1-12H,13-16H2,(H,26,29). The SMILES string of the molecule is O=C(CN1C(=O)COc2ccc(C(=O)COc3ccccc3)cc21)NCc1ccncc1. The number of para-hydroxylation sites is 1. The van der Waals surface area contributed by atoms with Crippen LogP contribution >= 0.6 is 0 Å². The lowest BCUT2D eigenvalue weighted by Crippen LogP contribution is -2.45. The van der Waals surface area contributed by atoms with Crippen LogP contribution in [-0.2, 0) is 16.1 Å². The molecule has 4 rings (SSSR count). The number of aromatic nitrogens is 1. The number of ether oxygens (including phenoxy) is 2. The van der Waals surface area contributed by atoms with Gasteiger partial charge in [0.15, 0.2) is 19.0 Å². The van der Waals surface area contributed by atoms with E-state index in [0.29, 0.717) is 29.3 Å². The summed E-state index contributed by atoms with van der Waals surface area (Å²) in [7, 11) is 0. The summed E-state index contributed by atoms with van der Waals surface area (Å²) in [5.41, 5.74) is 1.64. The molecule has 8 nitrogen and oxygen atoms in total. The molecule has 0 aliphatic carbocycles. The van der Waals surface area contributed by atoms with E-state index in [1.54, 1.807) is 54.9 Å². The van der Waals surface area contributed by atoms with Crippen LogP contribution in [-0.4, -0.2) is 42.3 Å². The van der Waals surface area contributed by atoms with E-state index >= 15 is 0 Å². The minimum atomic E-state index is -0.360. The Morgan fingerprint density at radius 3 is 2.62 bits per heavy atom. The van der Waals surface area contributed by atoms with Gasteiger partial charge in [-0.3, -0.25) is 24.3 Å². The van der Waals surface area contributed by atoms with Crippen molar-refractivity contribution in [2.75, 3.05) is 24.7 Å². The molecule has 3 aromatic rings. The summed E-state index contributed by atoms with van der Waals surface area (Å²) in [6, 6.07) is 17.4. The molecule has 0 saturated heterocycles. The molecule has 2 amide bonds. The molecule has 1 N–H and O–H groups in total. The van der Waals surface area contributed by atoms with Crippen molar-refractivity contribution in [1.82, 2.24) is 10.3 Å². The van der Waals surface area contributed by atoms with Crippen LogP contribution in [0.2, 0.25) is 0 Å². The summed E-state index contributed by atoms with van der Waals surface area (Å²) < 4.78 is 11.0. The average Bonchev–Trinajstić information content (AvgIpc) is 2.84. The number of hydrogen-bond donors (Lipinski definition) is 1. The highest BCUT2D eigenvalue weighted by Gasteiger charge is 2.28. The molecule has 0 radical (unpaired) electrons. The maximum atomic E-state index is 12.6. The summed E-state index contributed by atoms with van der Waals surface area (Å²) >= 11 is 0. The Morgan fingerprint density at radius 1 is 1.06 bits per heavy atom. The van der Waals surface area contributed by atoms with Gasteiger partial charge in [0.05, 0.1) is 5.69 Å². The minimum Gasteiger partial charge on any atom is -0.485 e. The molecule has 0 unspecified atom stereocenters. The fourth-order valence-electron chi connectivity index (χ4n) is 3.20. The monoisotopic (exact) mass is 431 g/mol. The second-order valence-electron chi connectivity index (χ2n) is 7.11. The van der Waals surface area contributed by atoms with Crippen LogP contribution in [0.3, 0.4) is 0 Å². The summed E-state index contributed by atoms with van der Waals surface area (Å²) in [6.07, 6.45) is 3.28. The zero-order valence-corrected chi connectivity index (χ0v) is 17.2. The molecule has 2 aromatic carbocycles. The maximum Gasteiger partial charge on any atom is 0.265 e. The Morgan fingerprint density at radius 2 is 1.84 bits per heavy atom. The third-order valence-corrected chi connectivity index (χ3v) is 4.88. The molecule has 1 aliphatic rings. The third kappa shape index (κ3) is 5.10. The molecular formula is C24H21N3O5. The Kier molecular flexibility index (Phi) is 6.41. The Balaban J connectivity index is 1.44.